The topological polar surface area (TPSA) is 69.0 Å². The molecule has 8 heteroatoms. The van der Waals surface area contributed by atoms with Crippen LogP contribution in [-0.2, 0) is 0 Å². The number of para-hydroxylation sites is 1. The number of anilines is 1. The fourth-order valence-electron chi connectivity index (χ4n) is 3.20. The average molecular weight is 444 g/mol. The molecule has 1 N–H and O–H groups in total. The number of hydrogen-bond acceptors (Lipinski definition) is 5. The van der Waals surface area contributed by atoms with Crippen molar-refractivity contribution in [2.75, 3.05) is 5.32 Å². The third kappa shape index (κ3) is 4.08. The maximum absolute atomic E-state index is 13.5. The second-order valence-corrected chi connectivity index (χ2v) is 8.09. The molecular formula is C24H17FN4O2S. The number of nitrogens with one attached hydrogen (secondary N) is 1. The average Bonchev–Trinajstić information content (AvgIpc) is 3.37. The van der Waals surface area contributed by atoms with Gasteiger partial charge in [0.05, 0.1) is 15.9 Å². The monoisotopic (exact) mass is 444 g/mol. The van der Waals surface area contributed by atoms with E-state index in [9.17, 15) is 9.18 Å². The molecule has 0 bridgehead atoms. The first-order valence-electron chi connectivity index (χ1n) is 9.83. The summed E-state index contributed by atoms with van der Waals surface area (Å²) in [7, 11) is 0. The van der Waals surface area contributed by atoms with E-state index in [0.717, 1.165) is 11.4 Å². The Balaban J connectivity index is 1.36. The number of halogens is 1. The van der Waals surface area contributed by atoms with Gasteiger partial charge in [-0.15, -0.1) is 0 Å². The van der Waals surface area contributed by atoms with E-state index in [1.165, 1.54) is 23.5 Å². The van der Waals surface area contributed by atoms with Crippen molar-refractivity contribution in [3.8, 4) is 16.6 Å². The van der Waals surface area contributed by atoms with Crippen molar-refractivity contribution < 1.29 is 13.9 Å². The van der Waals surface area contributed by atoms with Crippen molar-refractivity contribution in [3.63, 3.8) is 0 Å². The van der Waals surface area contributed by atoms with Crippen LogP contribution in [-0.4, -0.2) is 20.7 Å². The molecule has 5 aromatic rings. The zero-order valence-corrected chi connectivity index (χ0v) is 17.8. The molecule has 0 aliphatic heterocycles. The maximum Gasteiger partial charge on any atom is 0.256 e. The zero-order valence-electron chi connectivity index (χ0n) is 16.9. The molecular weight excluding hydrogens is 427 g/mol. The minimum Gasteiger partial charge on any atom is -0.457 e. The van der Waals surface area contributed by atoms with E-state index in [4.69, 9.17) is 4.74 Å². The highest BCUT2D eigenvalue weighted by molar-refractivity contribution is 7.20. The van der Waals surface area contributed by atoms with Gasteiger partial charge in [0.2, 0.25) is 5.13 Å². The van der Waals surface area contributed by atoms with Gasteiger partial charge in [-0.05, 0) is 61.5 Å². The van der Waals surface area contributed by atoms with E-state index < -0.39 is 0 Å². The molecule has 158 valence electrons. The summed E-state index contributed by atoms with van der Waals surface area (Å²) < 4.78 is 21.6. The van der Waals surface area contributed by atoms with E-state index in [-0.39, 0.29) is 11.7 Å². The molecule has 0 radical (unpaired) electrons. The minimum absolute atomic E-state index is 0.287. The van der Waals surface area contributed by atoms with Crippen molar-refractivity contribution >= 4 is 33.3 Å². The highest BCUT2D eigenvalue weighted by Crippen LogP contribution is 2.28. The number of carbonyl (C=O) groups excluding carboxylic acids is 1. The number of aryl methyl sites for hydroxylation is 1. The molecule has 0 aliphatic carbocycles. The Morgan fingerprint density at radius 1 is 1.00 bits per heavy atom. The third-order valence-electron chi connectivity index (χ3n) is 4.69. The van der Waals surface area contributed by atoms with Gasteiger partial charge < -0.3 is 10.1 Å². The molecule has 6 nitrogen and oxygen atoms in total. The van der Waals surface area contributed by atoms with E-state index in [0.29, 0.717) is 32.5 Å². The highest BCUT2D eigenvalue weighted by Gasteiger charge is 2.16. The summed E-state index contributed by atoms with van der Waals surface area (Å²) in [5.74, 6) is 1.23. The van der Waals surface area contributed by atoms with Gasteiger partial charge in [0.15, 0.2) is 0 Å². The van der Waals surface area contributed by atoms with Gasteiger partial charge in [-0.2, -0.15) is 9.78 Å². The van der Waals surface area contributed by atoms with Crippen LogP contribution in [0, 0.1) is 12.7 Å². The molecule has 5 rings (SSSR count). The van der Waals surface area contributed by atoms with Crippen LogP contribution in [0.15, 0.2) is 78.9 Å². The van der Waals surface area contributed by atoms with E-state index in [2.05, 4.69) is 15.4 Å². The molecule has 2 aromatic heterocycles. The summed E-state index contributed by atoms with van der Waals surface area (Å²) in [5.41, 5.74) is 1.87. The molecule has 0 aliphatic rings. The van der Waals surface area contributed by atoms with Gasteiger partial charge in [-0.25, -0.2) is 9.37 Å². The van der Waals surface area contributed by atoms with Gasteiger partial charge in [0, 0.05) is 11.6 Å². The Hall–Kier alpha value is -4.04. The number of hydrogen-bond donors (Lipinski definition) is 1. The Morgan fingerprint density at radius 2 is 1.75 bits per heavy atom. The molecule has 3 aromatic carbocycles. The zero-order chi connectivity index (χ0) is 22.1. The molecule has 0 saturated carbocycles. The molecule has 2 heterocycles. The summed E-state index contributed by atoms with van der Waals surface area (Å²) in [5, 5.41) is 7.87. The van der Waals surface area contributed by atoms with Crippen LogP contribution in [0.5, 0.6) is 11.5 Å². The predicted octanol–water partition coefficient (Wildman–Crippen LogP) is 5.97. The predicted molar refractivity (Wildman–Crippen MR) is 122 cm³/mol. The smallest absolute Gasteiger partial charge is 0.256 e. The number of ether oxygens (including phenoxy) is 1. The Kier molecular flexibility index (Phi) is 5.12. The van der Waals surface area contributed by atoms with Gasteiger partial charge in [-0.1, -0.05) is 29.5 Å². The Labute approximate surface area is 186 Å². The van der Waals surface area contributed by atoms with Gasteiger partial charge in [0.25, 0.3) is 5.91 Å². The first-order valence-corrected chi connectivity index (χ1v) is 10.6. The SMILES string of the molecule is Cc1cc(NC(=O)c2ccc(Oc3ccccc3)cc2)n(-c2nc3ccc(F)cc3s2)n1. The third-order valence-corrected chi connectivity index (χ3v) is 5.68. The Morgan fingerprint density at radius 3 is 2.53 bits per heavy atom. The largest absolute Gasteiger partial charge is 0.457 e. The van der Waals surface area contributed by atoms with Crippen molar-refractivity contribution in [2.45, 2.75) is 6.92 Å². The van der Waals surface area contributed by atoms with E-state index >= 15 is 0 Å². The van der Waals surface area contributed by atoms with Crippen molar-refractivity contribution in [1.82, 2.24) is 14.8 Å². The van der Waals surface area contributed by atoms with Gasteiger partial charge >= 0.3 is 0 Å². The number of carbonyl (C=O) groups is 1. The molecule has 1 amide bonds. The number of thiazole rings is 1. The lowest BCUT2D eigenvalue weighted by atomic mass is 10.2. The Bertz CT molecular complexity index is 1410. The van der Waals surface area contributed by atoms with Crippen molar-refractivity contribution in [2.24, 2.45) is 0 Å². The number of rotatable bonds is 5. The number of nitrogens with zero attached hydrogens (tertiary/aromatic N) is 3. The van der Waals surface area contributed by atoms with Crippen molar-refractivity contribution in [1.29, 1.82) is 0 Å². The fraction of sp³-hybridized carbons (Fsp3) is 0.0417. The lowest BCUT2D eigenvalue weighted by Crippen LogP contribution is -2.15. The number of aromatic nitrogens is 3. The lowest BCUT2D eigenvalue weighted by molar-refractivity contribution is 0.102. The normalized spacial score (nSPS) is 10.9. The van der Waals surface area contributed by atoms with Crippen LogP contribution in [0.2, 0.25) is 0 Å². The maximum atomic E-state index is 13.5. The van der Waals surface area contributed by atoms with Crippen LogP contribution in [0.4, 0.5) is 10.2 Å². The number of benzene rings is 3. The molecule has 0 saturated heterocycles. The quantitative estimate of drug-likeness (QED) is 0.362. The number of amides is 1. The second-order valence-electron chi connectivity index (χ2n) is 7.08. The summed E-state index contributed by atoms with van der Waals surface area (Å²) in [4.78, 5) is 17.3. The van der Waals surface area contributed by atoms with Crippen LogP contribution < -0.4 is 10.1 Å². The second kappa shape index (κ2) is 8.24. The van der Waals surface area contributed by atoms with Crippen molar-refractivity contribution in [3.05, 3.63) is 95.9 Å². The van der Waals surface area contributed by atoms with Crippen LogP contribution in [0.25, 0.3) is 15.3 Å². The summed E-state index contributed by atoms with van der Waals surface area (Å²) in [6.45, 7) is 1.83. The molecule has 32 heavy (non-hydrogen) atoms. The summed E-state index contributed by atoms with van der Waals surface area (Å²) in [6.07, 6.45) is 0. The van der Waals surface area contributed by atoms with E-state index in [1.807, 2.05) is 37.3 Å². The molecule has 0 spiro atoms. The van der Waals surface area contributed by atoms with Gasteiger partial charge in [0.1, 0.15) is 23.1 Å². The van der Waals surface area contributed by atoms with Crippen LogP contribution >= 0.6 is 11.3 Å². The van der Waals surface area contributed by atoms with E-state index in [1.54, 1.807) is 41.1 Å². The lowest BCUT2D eigenvalue weighted by Gasteiger charge is -2.08. The summed E-state index contributed by atoms with van der Waals surface area (Å²) in [6, 6.07) is 22.5. The minimum atomic E-state index is -0.322. The molecule has 0 atom stereocenters. The highest BCUT2D eigenvalue weighted by atomic mass is 32.1. The standard InChI is InChI=1S/C24H17FN4O2S/c1-15-13-22(29(28-15)24-26-20-12-9-17(25)14-21(20)32-24)27-23(30)16-7-10-19(11-8-16)31-18-5-3-2-4-6-18/h2-14H,1H3,(H,27,30). The first-order chi connectivity index (χ1) is 15.5. The summed E-state index contributed by atoms with van der Waals surface area (Å²) >= 11 is 1.30. The molecule has 0 fully saturated rings. The first kappa shape index (κ1) is 19.9. The molecule has 0 unspecified atom stereocenters. The van der Waals surface area contributed by atoms with Crippen LogP contribution in [0.3, 0.4) is 0 Å². The van der Waals surface area contributed by atoms with Crippen LogP contribution in [0.1, 0.15) is 16.1 Å². The fourth-order valence-corrected chi connectivity index (χ4v) is 4.15. The number of fused-ring (bicyclic) bond motifs is 1. The van der Waals surface area contributed by atoms with Gasteiger partial charge in [-0.3, -0.25) is 4.79 Å².